The van der Waals surface area contributed by atoms with E-state index in [2.05, 4.69) is 0 Å². The largest absolute Gasteiger partial charge is 0.481 e. The molecule has 0 spiro atoms. The zero-order chi connectivity index (χ0) is 11.7. The van der Waals surface area contributed by atoms with Crippen molar-refractivity contribution in [1.82, 2.24) is 0 Å². The molecule has 4 nitrogen and oxygen atoms in total. The van der Waals surface area contributed by atoms with Crippen LogP contribution in [0.1, 0.15) is 29.5 Å². The Labute approximate surface area is 93.8 Å². The molecule has 1 atom stereocenters. The number of hydrogen-bond donors (Lipinski definition) is 1. The first-order valence-corrected chi connectivity index (χ1v) is 5.17. The minimum absolute atomic E-state index is 0.264. The van der Waals surface area contributed by atoms with Crippen molar-refractivity contribution in [1.29, 1.82) is 0 Å². The number of hydrogen-bond acceptors (Lipinski definition) is 3. The van der Waals surface area contributed by atoms with Crippen LogP contribution in [-0.4, -0.2) is 17.9 Å². The lowest BCUT2D eigenvalue weighted by Gasteiger charge is -2.22. The molecule has 1 aromatic rings. The van der Waals surface area contributed by atoms with E-state index >= 15 is 0 Å². The maximum absolute atomic E-state index is 11.0. The van der Waals surface area contributed by atoms with Crippen LogP contribution in [0.5, 0.6) is 5.75 Å². The Kier molecular flexibility index (Phi) is 2.83. The summed E-state index contributed by atoms with van der Waals surface area (Å²) in [6, 6.07) is 3.64. The summed E-state index contributed by atoms with van der Waals surface area (Å²) in [4.78, 5) is 11.0. The van der Waals surface area contributed by atoms with Crippen molar-refractivity contribution >= 4 is 5.97 Å². The van der Waals surface area contributed by atoms with Crippen LogP contribution in [0.15, 0.2) is 12.1 Å². The maximum Gasteiger partial charge on any atom is 0.310 e. The molecule has 0 saturated carbocycles. The molecule has 0 amide bonds. The lowest BCUT2D eigenvalue weighted by atomic mass is 9.92. The summed E-state index contributed by atoms with van der Waals surface area (Å²) >= 11 is 0. The Balaban J connectivity index is 2.45. The SMILES string of the molecule is Cc1c(C(C)C(=O)O)ccc2c1COCO2. The first-order chi connectivity index (χ1) is 7.61. The normalized spacial score (nSPS) is 16.1. The highest BCUT2D eigenvalue weighted by Gasteiger charge is 2.21. The lowest BCUT2D eigenvalue weighted by molar-refractivity contribution is -0.138. The second kappa shape index (κ2) is 4.14. The molecule has 0 aromatic heterocycles. The van der Waals surface area contributed by atoms with E-state index in [0.717, 1.165) is 22.4 Å². The molecule has 1 aliphatic heterocycles. The molecule has 0 aliphatic carbocycles. The monoisotopic (exact) mass is 222 g/mol. The van der Waals surface area contributed by atoms with Gasteiger partial charge in [0.2, 0.25) is 0 Å². The number of carbonyl (C=O) groups is 1. The number of ether oxygens (including phenoxy) is 2. The van der Waals surface area contributed by atoms with Crippen LogP contribution in [0.4, 0.5) is 0 Å². The van der Waals surface area contributed by atoms with E-state index in [0.29, 0.717) is 6.61 Å². The molecule has 0 bridgehead atoms. The van der Waals surface area contributed by atoms with Crippen LogP contribution in [0.25, 0.3) is 0 Å². The summed E-state index contributed by atoms with van der Waals surface area (Å²) in [6.07, 6.45) is 0. The molecule has 86 valence electrons. The number of aliphatic carboxylic acids is 1. The molecule has 1 aliphatic rings. The zero-order valence-electron chi connectivity index (χ0n) is 9.32. The number of benzene rings is 1. The van der Waals surface area contributed by atoms with Crippen LogP contribution in [0.2, 0.25) is 0 Å². The highest BCUT2D eigenvalue weighted by Crippen LogP contribution is 2.32. The van der Waals surface area contributed by atoms with Crippen molar-refractivity contribution < 1.29 is 19.4 Å². The standard InChI is InChI=1S/C12H14O4/c1-7-9(8(2)12(13)14)3-4-11-10(7)5-15-6-16-11/h3-4,8H,5-6H2,1-2H3,(H,13,14). The Morgan fingerprint density at radius 3 is 2.94 bits per heavy atom. The van der Waals surface area contributed by atoms with Crippen molar-refractivity contribution in [2.75, 3.05) is 6.79 Å². The minimum Gasteiger partial charge on any atom is -0.481 e. The van der Waals surface area contributed by atoms with Crippen molar-refractivity contribution in [3.63, 3.8) is 0 Å². The summed E-state index contributed by atoms with van der Waals surface area (Å²) in [7, 11) is 0. The summed E-state index contributed by atoms with van der Waals surface area (Å²) in [5, 5.41) is 9.00. The molecular weight excluding hydrogens is 208 g/mol. The smallest absolute Gasteiger partial charge is 0.310 e. The van der Waals surface area contributed by atoms with E-state index in [1.165, 1.54) is 0 Å². The second-order valence-corrected chi connectivity index (χ2v) is 3.93. The number of fused-ring (bicyclic) bond motifs is 1. The van der Waals surface area contributed by atoms with E-state index < -0.39 is 11.9 Å². The average molecular weight is 222 g/mol. The second-order valence-electron chi connectivity index (χ2n) is 3.93. The third-order valence-corrected chi connectivity index (χ3v) is 2.98. The molecule has 1 aromatic carbocycles. The molecule has 16 heavy (non-hydrogen) atoms. The van der Waals surface area contributed by atoms with Gasteiger partial charge < -0.3 is 14.6 Å². The highest BCUT2D eigenvalue weighted by atomic mass is 16.7. The van der Waals surface area contributed by atoms with Gasteiger partial charge in [0.25, 0.3) is 0 Å². The van der Waals surface area contributed by atoms with Crippen molar-refractivity contribution in [3.8, 4) is 5.75 Å². The molecule has 0 saturated heterocycles. The fourth-order valence-electron chi connectivity index (χ4n) is 1.92. The van der Waals surface area contributed by atoms with E-state index in [1.54, 1.807) is 6.92 Å². The van der Waals surface area contributed by atoms with Gasteiger partial charge in [0.15, 0.2) is 6.79 Å². The zero-order valence-corrected chi connectivity index (χ0v) is 9.32. The van der Waals surface area contributed by atoms with Crippen LogP contribution < -0.4 is 4.74 Å². The van der Waals surface area contributed by atoms with Gasteiger partial charge in [-0.15, -0.1) is 0 Å². The number of carboxylic acids is 1. The maximum atomic E-state index is 11.0. The van der Waals surface area contributed by atoms with Crippen LogP contribution in [0, 0.1) is 6.92 Å². The van der Waals surface area contributed by atoms with E-state index in [4.69, 9.17) is 14.6 Å². The topological polar surface area (TPSA) is 55.8 Å². The fourth-order valence-corrected chi connectivity index (χ4v) is 1.92. The molecule has 0 fully saturated rings. The van der Waals surface area contributed by atoms with Gasteiger partial charge in [0.1, 0.15) is 5.75 Å². The summed E-state index contributed by atoms with van der Waals surface area (Å²) < 4.78 is 10.5. The van der Waals surface area contributed by atoms with Gasteiger partial charge in [-0.3, -0.25) is 4.79 Å². The van der Waals surface area contributed by atoms with Gasteiger partial charge in [-0.05, 0) is 31.0 Å². The molecule has 2 rings (SSSR count). The molecule has 1 N–H and O–H groups in total. The fraction of sp³-hybridized carbons (Fsp3) is 0.417. The summed E-state index contributed by atoms with van der Waals surface area (Å²) in [5.41, 5.74) is 2.73. The van der Waals surface area contributed by atoms with Crippen LogP contribution >= 0.6 is 0 Å². The molecule has 1 heterocycles. The Hall–Kier alpha value is -1.55. The first kappa shape index (κ1) is 11.0. The molecular formula is C12H14O4. The van der Waals surface area contributed by atoms with Crippen molar-refractivity contribution in [2.24, 2.45) is 0 Å². The van der Waals surface area contributed by atoms with Crippen LogP contribution in [0.3, 0.4) is 0 Å². The highest BCUT2D eigenvalue weighted by molar-refractivity contribution is 5.76. The molecule has 0 radical (unpaired) electrons. The lowest BCUT2D eigenvalue weighted by Crippen LogP contribution is -2.15. The van der Waals surface area contributed by atoms with E-state index in [9.17, 15) is 4.79 Å². The van der Waals surface area contributed by atoms with Gasteiger partial charge >= 0.3 is 5.97 Å². The van der Waals surface area contributed by atoms with Gasteiger partial charge in [-0.1, -0.05) is 6.07 Å². The quantitative estimate of drug-likeness (QED) is 0.832. The number of rotatable bonds is 2. The van der Waals surface area contributed by atoms with Crippen molar-refractivity contribution in [2.45, 2.75) is 26.4 Å². The third-order valence-electron chi connectivity index (χ3n) is 2.98. The average Bonchev–Trinajstić information content (AvgIpc) is 2.29. The van der Waals surface area contributed by atoms with Crippen molar-refractivity contribution in [3.05, 3.63) is 28.8 Å². The Morgan fingerprint density at radius 1 is 1.50 bits per heavy atom. The van der Waals surface area contributed by atoms with E-state index in [-0.39, 0.29) is 6.79 Å². The van der Waals surface area contributed by atoms with Gasteiger partial charge in [0, 0.05) is 5.56 Å². The summed E-state index contributed by atoms with van der Waals surface area (Å²) in [5.74, 6) is -0.530. The van der Waals surface area contributed by atoms with Gasteiger partial charge in [0.05, 0.1) is 12.5 Å². The van der Waals surface area contributed by atoms with Gasteiger partial charge in [-0.2, -0.15) is 0 Å². The predicted octanol–water partition coefficient (Wildman–Crippen LogP) is 2.05. The third kappa shape index (κ3) is 1.76. The van der Waals surface area contributed by atoms with Gasteiger partial charge in [-0.25, -0.2) is 0 Å². The van der Waals surface area contributed by atoms with Crippen LogP contribution in [-0.2, 0) is 16.1 Å². The first-order valence-electron chi connectivity index (χ1n) is 5.17. The minimum atomic E-state index is -0.819. The molecule has 1 unspecified atom stereocenters. The Morgan fingerprint density at radius 2 is 2.25 bits per heavy atom. The Bertz CT molecular complexity index is 425. The van der Waals surface area contributed by atoms with E-state index in [1.807, 2.05) is 19.1 Å². The summed E-state index contributed by atoms with van der Waals surface area (Å²) in [6.45, 7) is 4.34. The number of carboxylic acid groups (broad SMARTS) is 1. The molecule has 4 heteroatoms. The predicted molar refractivity (Wildman–Crippen MR) is 57.5 cm³/mol.